The predicted molar refractivity (Wildman–Crippen MR) is 66.9 cm³/mol. The van der Waals surface area contributed by atoms with Gasteiger partial charge < -0.3 is 0 Å². The summed E-state index contributed by atoms with van der Waals surface area (Å²) in [4.78, 5) is 0. The minimum absolute atomic E-state index is 0.626. The summed E-state index contributed by atoms with van der Waals surface area (Å²) >= 11 is 0. The van der Waals surface area contributed by atoms with Gasteiger partial charge >= 0.3 is 0 Å². The van der Waals surface area contributed by atoms with E-state index < -0.39 is 0 Å². The van der Waals surface area contributed by atoms with Crippen molar-refractivity contribution in [1.82, 2.24) is 0 Å². The molecule has 0 aromatic heterocycles. The van der Waals surface area contributed by atoms with Crippen molar-refractivity contribution in [2.24, 2.45) is 22.7 Å². The molecular weight excluding hydrogens is 180 g/mol. The van der Waals surface area contributed by atoms with Gasteiger partial charge in [0.15, 0.2) is 0 Å². The van der Waals surface area contributed by atoms with Crippen LogP contribution in [0.2, 0.25) is 0 Å². The fraction of sp³-hybridized carbons (Fsp3) is 1.00. The maximum atomic E-state index is 2.47. The van der Waals surface area contributed by atoms with Gasteiger partial charge in [0.25, 0.3) is 0 Å². The van der Waals surface area contributed by atoms with Gasteiger partial charge in [-0.15, -0.1) is 0 Å². The molecule has 0 aromatic rings. The zero-order valence-corrected chi connectivity index (χ0v) is 11.1. The van der Waals surface area contributed by atoms with Crippen molar-refractivity contribution >= 4 is 0 Å². The quantitative estimate of drug-likeness (QED) is 0.524. The Bertz CT molecular complexity index is 222. The Morgan fingerprint density at radius 1 is 0.667 bits per heavy atom. The van der Waals surface area contributed by atoms with Gasteiger partial charge in [-0.2, -0.15) is 0 Å². The first-order valence-corrected chi connectivity index (χ1v) is 6.88. The highest BCUT2D eigenvalue weighted by Crippen LogP contribution is 2.49. The van der Waals surface area contributed by atoms with Crippen LogP contribution in [0.5, 0.6) is 0 Å². The minimum atomic E-state index is 0.626. The SMILES string of the molecule is CC1(C)CCC2CCC(C)(C)CC2CC1. The molecule has 0 saturated heterocycles. The summed E-state index contributed by atoms with van der Waals surface area (Å²) in [5.41, 5.74) is 1.26. The Morgan fingerprint density at radius 2 is 1.13 bits per heavy atom. The molecule has 0 amide bonds. The number of hydrogen-bond donors (Lipinski definition) is 0. The van der Waals surface area contributed by atoms with Crippen LogP contribution in [0.3, 0.4) is 0 Å². The first-order valence-electron chi connectivity index (χ1n) is 6.88. The second-order valence-electron chi connectivity index (χ2n) is 7.67. The molecule has 0 aliphatic heterocycles. The van der Waals surface area contributed by atoms with Crippen molar-refractivity contribution in [3.63, 3.8) is 0 Å². The molecule has 0 heterocycles. The van der Waals surface area contributed by atoms with Gasteiger partial charge in [0, 0.05) is 0 Å². The normalized spacial score (nSPS) is 39.2. The summed E-state index contributed by atoms with van der Waals surface area (Å²) < 4.78 is 0. The maximum Gasteiger partial charge on any atom is -0.0351 e. The molecule has 0 nitrogen and oxygen atoms in total. The molecule has 2 aliphatic rings. The van der Waals surface area contributed by atoms with Crippen LogP contribution < -0.4 is 0 Å². The van der Waals surface area contributed by atoms with Gasteiger partial charge in [-0.05, 0) is 67.6 Å². The number of rotatable bonds is 0. The third kappa shape index (κ3) is 2.77. The van der Waals surface area contributed by atoms with Crippen LogP contribution in [0.4, 0.5) is 0 Å². The van der Waals surface area contributed by atoms with E-state index in [2.05, 4.69) is 27.7 Å². The van der Waals surface area contributed by atoms with Gasteiger partial charge in [-0.25, -0.2) is 0 Å². The van der Waals surface area contributed by atoms with Crippen LogP contribution in [0.1, 0.15) is 72.6 Å². The molecule has 0 aromatic carbocycles. The fourth-order valence-corrected chi connectivity index (χ4v) is 3.79. The fourth-order valence-electron chi connectivity index (χ4n) is 3.79. The lowest BCUT2D eigenvalue weighted by Crippen LogP contribution is -2.29. The Hall–Kier alpha value is 0. The summed E-state index contributed by atoms with van der Waals surface area (Å²) in [5.74, 6) is 2.12. The van der Waals surface area contributed by atoms with Crippen LogP contribution >= 0.6 is 0 Å². The lowest BCUT2D eigenvalue weighted by molar-refractivity contribution is 0.112. The molecule has 2 atom stereocenters. The van der Waals surface area contributed by atoms with Gasteiger partial charge in [0.05, 0.1) is 0 Å². The third-order valence-electron chi connectivity index (χ3n) is 5.06. The van der Waals surface area contributed by atoms with E-state index in [-0.39, 0.29) is 0 Å². The molecule has 2 fully saturated rings. The smallest absolute Gasteiger partial charge is 0.0351 e. The molecule has 15 heavy (non-hydrogen) atoms. The van der Waals surface area contributed by atoms with Crippen LogP contribution in [-0.2, 0) is 0 Å². The monoisotopic (exact) mass is 208 g/mol. The number of fused-ring (bicyclic) bond motifs is 1. The third-order valence-corrected chi connectivity index (χ3v) is 5.06. The second kappa shape index (κ2) is 3.79. The van der Waals surface area contributed by atoms with Crippen LogP contribution in [0.25, 0.3) is 0 Å². The van der Waals surface area contributed by atoms with Crippen molar-refractivity contribution in [2.75, 3.05) is 0 Å². The molecule has 88 valence electrons. The zero-order chi connectivity index (χ0) is 11.1. The molecule has 0 bridgehead atoms. The van der Waals surface area contributed by atoms with E-state index >= 15 is 0 Å². The highest BCUT2D eigenvalue weighted by Gasteiger charge is 2.37. The van der Waals surface area contributed by atoms with Crippen LogP contribution in [0, 0.1) is 22.7 Å². The largest absolute Gasteiger partial charge is 0.0599 e. The lowest BCUT2D eigenvalue weighted by atomic mass is 9.66. The van der Waals surface area contributed by atoms with Crippen molar-refractivity contribution in [3.05, 3.63) is 0 Å². The Kier molecular flexibility index (Phi) is 2.90. The minimum Gasteiger partial charge on any atom is -0.0599 e. The Balaban J connectivity index is 2.03. The first-order chi connectivity index (χ1) is 6.88. The second-order valence-corrected chi connectivity index (χ2v) is 7.67. The molecule has 2 saturated carbocycles. The molecule has 0 spiro atoms. The molecule has 0 N–H and O–H groups in total. The summed E-state index contributed by atoms with van der Waals surface area (Å²) in [5, 5.41) is 0. The van der Waals surface area contributed by atoms with Gasteiger partial charge in [-0.1, -0.05) is 27.7 Å². The Labute approximate surface area is 95.8 Å². The molecule has 2 aliphatic carbocycles. The van der Waals surface area contributed by atoms with Crippen molar-refractivity contribution in [1.29, 1.82) is 0 Å². The van der Waals surface area contributed by atoms with Gasteiger partial charge in [0.1, 0.15) is 0 Å². The van der Waals surface area contributed by atoms with Crippen LogP contribution in [-0.4, -0.2) is 0 Å². The van der Waals surface area contributed by atoms with Crippen LogP contribution in [0.15, 0.2) is 0 Å². The van der Waals surface area contributed by atoms with Gasteiger partial charge in [-0.3, -0.25) is 0 Å². The standard InChI is InChI=1S/C15H28/c1-14(2)8-5-12-6-10-15(3,4)11-13(12)7-9-14/h12-13H,5-11H2,1-4H3. The lowest BCUT2D eigenvalue weighted by Gasteiger charge is -2.40. The average Bonchev–Trinajstić information content (AvgIpc) is 2.25. The van der Waals surface area contributed by atoms with E-state index in [4.69, 9.17) is 0 Å². The molecule has 2 unspecified atom stereocenters. The Morgan fingerprint density at radius 3 is 1.73 bits per heavy atom. The highest BCUT2D eigenvalue weighted by molar-refractivity contribution is 4.89. The molecule has 0 radical (unpaired) electrons. The molecule has 2 rings (SSSR count). The van der Waals surface area contributed by atoms with Gasteiger partial charge in [0.2, 0.25) is 0 Å². The van der Waals surface area contributed by atoms with E-state index in [1.165, 1.54) is 44.9 Å². The summed E-state index contributed by atoms with van der Waals surface area (Å²) in [7, 11) is 0. The predicted octanol–water partition coefficient (Wildman–Crippen LogP) is 5.03. The first kappa shape index (κ1) is 11.5. The highest BCUT2D eigenvalue weighted by atomic mass is 14.4. The molecular formula is C15H28. The van der Waals surface area contributed by atoms with E-state index in [0.717, 1.165) is 11.8 Å². The van der Waals surface area contributed by atoms with E-state index in [1.807, 2.05) is 0 Å². The van der Waals surface area contributed by atoms with E-state index in [9.17, 15) is 0 Å². The van der Waals surface area contributed by atoms with Crippen molar-refractivity contribution in [2.45, 2.75) is 72.6 Å². The molecule has 0 heteroatoms. The van der Waals surface area contributed by atoms with Crippen molar-refractivity contribution in [3.8, 4) is 0 Å². The van der Waals surface area contributed by atoms with Crippen molar-refractivity contribution < 1.29 is 0 Å². The summed E-state index contributed by atoms with van der Waals surface area (Å²) in [6.45, 7) is 9.88. The topological polar surface area (TPSA) is 0 Å². The summed E-state index contributed by atoms with van der Waals surface area (Å²) in [6.07, 6.45) is 10.4. The van der Waals surface area contributed by atoms with E-state index in [1.54, 1.807) is 0 Å². The average molecular weight is 208 g/mol. The zero-order valence-electron chi connectivity index (χ0n) is 11.1. The van der Waals surface area contributed by atoms with E-state index in [0.29, 0.717) is 10.8 Å². The number of hydrogen-bond acceptors (Lipinski definition) is 0. The summed E-state index contributed by atoms with van der Waals surface area (Å²) in [6, 6.07) is 0. The maximum absolute atomic E-state index is 2.47.